The summed E-state index contributed by atoms with van der Waals surface area (Å²) < 4.78 is 13.7. The molecule has 154 valence electrons. The minimum absolute atomic E-state index is 0.696. The molecule has 0 aliphatic carbocycles. The molecule has 2 nitrogen and oxygen atoms in total. The molecule has 0 saturated heterocycles. The molecule has 0 amide bonds. The van der Waals surface area contributed by atoms with E-state index < -0.39 is 5.60 Å². The van der Waals surface area contributed by atoms with E-state index in [1.807, 2.05) is 48.5 Å². The molecule has 0 bridgehead atoms. The van der Waals surface area contributed by atoms with Gasteiger partial charge in [0.1, 0.15) is 11.5 Å². The standard InChI is InChI=1S/C27H20BrClO2/c1-17-16-27(18-7-11-20(28)12-8-18,19-9-13-21(29)14-10-19)31-26-23-6-4-3-5-22(23)25(30-2)15-24(17)26/h3-16H,1-2H3. The Kier molecular flexibility index (Phi) is 5.04. The quantitative estimate of drug-likeness (QED) is 0.289. The number of hydrogen-bond acceptors (Lipinski definition) is 2. The Bertz CT molecular complexity index is 1260. The maximum absolute atomic E-state index is 6.96. The average Bonchev–Trinajstić information content (AvgIpc) is 2.79. The lowest BCUT2D eigenvalue weighted by molar-refractivity contribution is 0.162. The van der Waals surface area contributed by atoms with Gasteiger partial charge in [-0.25, -0.2) is 0 Å². The lowest BCUT2D eigenvalue weighted by Gasteiger charge is -2.38. The van der Waals surface area contributed by atoms with Gasteiger partial charge in [-0.3, -0.25) is 0 Å². The Hall–Kier alpha value is -2.75. The van der Waals surface area contributed by atoms with E-state index in [0.29, 0.717) is 5.02 Å². The van der Waals surface area contributed by atoms with Crippen LogP contribution in [0, 0.1) is 0 Å². The molecule has 1 aliphatic rings. The van der Waals surface area contributed by atoms with Crippen molar-refractivity contribution in [2.45, 2.75) is 12.5 Å². The molecule has 1 atom stereocenters. The summed E-state index contributed by atoms with van der Waals surface area (Å²) in [6.45, 7) is 2.12. The van der Waals surface area contributed by atoms with E-state index in [4.69, 9.17) is 21.1 Å². The highest BCUT2D eigenvalue weighted by Crippen LogP contribution is 2.49. The van der Waals surface area contributed by atoms with Crippen LogP contribution in [0.3, 0.4) is 0 Å². The molecule has 4 aromatic rings. The Morgan fingerprint density at radius 3 is 2.13 bits per heavy atom. The molecule has 1 aliphatic heterocycles. The molecule has 5 rings (SSSR count). The molecular formula is C27H20BrClO2. The van der Waals surface area contributed by atoms with Crippen molar-refractivity contribution in [2.24, 2.45) is 0 Å². The fourth-order valence-electron chi connectivity index (χ4n) is 4.31. The van der Waals surface area contributed by atoms with Gasteiger partial charge in [0.2, 0.25) is 0 Å². The maximum atomic E-state index is 6.96. The first-order valence-corrected chi connectivity index (χ1v) is 11.2. The molecule has 0 radical (unpaired) electrons. The van der Waals surface area contributed by atoms with Gasteiger partial charge in [0, 0.05) is 37.0 Å². The largest absolute Gasteiger partial charge is 0.496 e. The average molecular weight is 492 g/mol. The Morgan fingerprint density at radius 1 is 0.871 bits per heavy atom. The second-order valence-corrected chi connectivity index (χ2v) is 9.03. The van der Waals surface area contributed by atoms with E-state index in [0.717, 1.165) is 49.0 Å². The molecule has 31 heavy (non-hydrogen) atoms. The van der Waals surface area contributed by atoms with Gasteiger partial charge in [0.15, 0.2) is 5.60 Å². The zero-order valence-electron chi connectivity index (χ0n) is 17.2. The van der Waals surface area contributed by atoms with Crippen molar-refractivity contribution in [3.63, 3.8) is 0 Å². The Morgan fingerprint density at radius 2 is 1.48 bits per heavy atom. The number of halogens is 2. The first-order valence-electron chi connectivity index (χ1n) is 10.0. The van der Waals surface area contributed by atoms with Crippen molar-refractivity contribution in [1.82, 2.24) is 0 Å². The monoisotopic (exact) mass is 490 g/mol. The predicted octanol–water partition coefficient (Wildman–Crippen LogP) is 8.00. The number of rotatable bonds is 3. The molecule has 0 aromatic heterocycles. The van der Waals surface area contributed by atoms with Crippen molar-refractivity contribution >= 4 is 43.9 Å². The van der Waals surface area contributed by atoms with E-state index in [9.17, 15) is 0 Å². The topological polar surface area (TPSA) is 18.5 Å². The molecule has 4 aromatic carbocycles. The van der Waals surface area contributed by atoms with Gasteiger partial charge in [-0.1, -0.05) is 76.1 Å². The highest BCUT2D eigenvalue weighted by molar-refractivity contribution is 9.10. The number of hydrogen-bond donors (Lipinski definition) is 0. The summed E-state index contributed by atoms with van der Waals surface area (Å²) in [7, 11) is 1.71. The normalized spacial score (nSPS) is 17.6. The fraction of sp³-hybridized carbons (Fsp3) is 0.111. The van der Waals surface area contributed by atoms with E-state index in [-0.39, 0.29) is 0 Å². The summed E-state index contributed by atoms with van der Waals surface area (Å²) in [4.78, 5) is 0. The molecule has 0 N–H and O–H groups in total. The van der Waals surface area contributed by atoms with Crippen LogP contribution >= 0.6 is 27.5 Å². The Balaban J connectivity index is 1.82. The SMILES string of the molecule is COc1cc2c(c3ccccc13)OC(c1ccc(Cl)cc1)(c1ccc(Br)cc1)C=C2C. The van der Waals surface area contributed by atoms with Gasteiger partial charge >= 0.3 is 0 Å². The van der Waals surface area contributed by atoms with Gasteiger partial charge in [-0.2, -0.15) is 0 Å². The van der Waals surface area contributed by atoms with Crippen molar-refractivity contribution in [1.29, 1.82) is 0 Å². The molecule has 0 spiro atoms. The highest BCUT2D eigenvalue weighted by Gasteiger charge is 2.39. The van der Waals surface area contributed by atoms with Crippen molar-refractivity contribution in [3.05, 3.63) is 111 Å². The zero-order valence-corrected chi connectivity index (χ0v) is 19.5. The van der Waals surface area contributed by atoms with Crippen LogP contribution in [0.1, 0.15) is 23.6 Å². The van der Waals surface area contributed by atoms with Gasteiger partial charge in [0.05, 0.1) is 7.11 Å². The first kappa shape index (κ1) is 20.2. The number of methoxy groups -OCH3 is 1. The van der Waals surface area contributed by atoms with Gasteiger partial charge in [-0.05, 0) is 48.9 Å². The molecule has 0 saturated carbocycles. The second-order valence-electron chi connectivity index (χ2n) is 7.68. The van der Waals surface area contributed by atoms with Crippen LogP contribution < -0.4 is 9.47 Å². The molecule has 1 heterocycles. The van der Waals surface area contributed by atoms with Crippen LogP contribution in [0.25, 0.3) is 16.3 Å². The first-order chi connectivity index (χ1) is 15.0. The summed E-state index contributed by atoms with van der Waals surface area (Å²) >= 11 is 9.76. The third kappa shape index (κ3) is 3.33. The lowest BCUT2D eigenvalue weighted by Crippen LogP contribution is -2.35. The highest BCUT2D eigenvalue weighted by atomic mass is 79.9. The van der Waals surface area contributed by atoms with Crippen molar-refractivity contribution in [2.75, 3.05) is 7.11 Å². The smallest absolute Gasteiger partial charge is 0.178 e. The second kappa shape index (κ2) is 7.74. The molecular weight excluding hydrogens is 472 g/mol. The summed E-state index contributed by atoms with van der Waals surface area (Å²) in [5.41, 5.74) is 3.45. The van der Waals surface area contributed by atoms with Crippen molar-refractivity contribution < 1.29 is 9.47 Å². The minimum atomic E-state index is -0.778. The molecule has 1 unspecified atom stereocenters. The third-order valence-electron chi connectivity index (χ3n) is 5.83. The third-order valence-corrected chi connectivity index (χ3v) is 6.61. The van der Waals surface area contributed by atoms with Gasteiger partial charge < -0.3 is 9.47 Å². The predicted molar refractivity (Wildman–Crippen MR) is 131 cm³/mol. The lowest BCUT2D eigenvalue weighted by atomic mass is 9.81. The van der Waals surface area contributed by atoms with Crippen LogP contribution in [0.4, 0.5) is 0 Å². The summed E-state index contributed by atoms with van der Waals surface area (Å²) in [6.07, 6.45) is 2.19. The number of ether oxygens (including phenoxy) is 2. The number of benzene rings is 4. The van der Waals surface area contributed by atoms with Crippen LogP contribution in [-0.2, 0) is 5.60 Å². The number of fused-ring (bicyclic) bond motifs is 3. The fourth-order valence-corrected chi connectivity index (χ4v) is 4.70. The Labute approximate surface area is 195 Å². The van der Waals surface area contributed by atoms with Gasteiger partial charge in [-0.15, -0.1) is 0 Å². The van der Waals surface area contributed by atoms with Gasteiger partial charge in [0.25, 0.3) is 0 Å². The molecule has 4 heteroatoms. The van der Waals surface area contributed by atoms with Crippen LogP contribution in [0.15, 0.2) is 89.4 Å². The minimum Gasteiger partial charge on any atom is -0.496 e. The number of allylic oxidation sites excluding steroid dienone is 1. The van der Waals surface area contributed by atoms with E-state index in [1.165, 1.54) is 0 Å². The van der Waals surface area contributed by atoms with E-state index in [1.54, 1.807) is 7.11 Å². The van der Waals surface area contributed by atoms with Crippen LogP contribution in [0.2, 0.25) is 5.02 Å². The maximum Gasteiger partial charge on any atom is 0.178 e. The molecule has 0 fully saturated rings. The summed E-state index contributed by atoms with van der Waals surface area (Å²) in [5.74, 6) is 1.70. The summed E-state index contributed by atoms with van der Waals surface area (Å²) in [5, 5.41) is 2.75. The zero-order chi connectivity index (χ0) is 21.6. The van der Waals surface area contributed by atoms with Crippen molar-refractivity contribution in [3.8, 4) is 11.5 Å². The van der Waals surface area contributed by atoms with E-state index in [2.05, 4.69) is 59.3 Å². The van der Waals surface area contributed by atoms with Crippen LogP contribution in [0.5, 0.6) is 11.5 Å². The summed E-state index contributed by atoms with van der Waals surface area (Å²) in [6, 6.07) is 26.4. The van der Waals surface area contributed by atoms with E-state index >= 15 is 0 Å². The van der Waals surface area contributed by atoms with Crippen LogP contribution in [-0.4, -0.2) is 7.11 Å².